The summed E-state index contributed by atoms with van der Waals surface area (Å²) in [4.78, 5) is 34.3. The Hall–Kier alpha value is -1.49. The molecule has 0 bridgehead atoms. The molecule has 0 aromatic rings. The SMILES string of the molecule is C[C@]12CC[C@@H](/C=C\[C@H]3CCNC3)CC1C(=O)C[C@@H]1[C@@H]2CC[C@]2(C)C(=O)CC[C@@H]12.O=CO. The van der Waals surface area contributed by atoms with Crippen LogP contribution in [-0.4, -0.2) is 36.2 Å². The lowest BCUT2D eigenvalue weighted by atomic mass is 9.44. The monoisotopic (exact) mass is 429 g/mol. The van der Waals surface area contributed by atoms with Crippen molar-refractivity contribution in [1.82, 2.24) is 5.32 Å². The Balaban J connectivity index is 0.000000730. The van der Waals surface area contributed by atoms with Crippen LogP contribution in [0.4, 0.5) is 0 Å². The van der Waals surface area contributed by atoms with Gasteiger partial charge < -0.3 is 10.4 Å². The standard InChI is InChI=1S/C25H37NO2.CH2O2/c1-24-10-7-16(3-4-17-9-12-26-15-17)13-21(24)22(27)14-18-19-5-6-23(28)25(19,2)11-8-20(18)24;2-1-3/h3-4,16-21,26H,5-15H2,1-2H3;1H,(H,2,3)/b4-3-;/t16-,17+,18+,19+,20+,21?,24-,25+;/m1./s1. The van der Waals surface area contributed by atoms with Crippen molar-refractivity contribution in [2.75, 3.05) is 13.1 Å². The molecule has 4 aliphatic carbocycles. The second kappa shape index (κ2) is 8.80. The molecule has 1 unspecified atom stereocenters. The Morgan fingerprint density at radius 2 is 1.74 bits per heavy atom. The van der Waals surface area contributed by atoms with Gasteiger partial charge in [-0.15, -0.1) is 0 Å². The molecule has 8 atom stereocenters. The molecule has 31 heavy (non-hydrogen) atoms. The third kappa shape index (κ3) is 3.92. The van der Waals surface area contributed by atoms with Gasteiger partial charge >= 0.3 is 0 Å². The van der Waals surface area contributed by atoms with E-state index in [1.54, 1.807) is 0 Å². The van der Waals surface area contributed by atoms with Gasteiger partial charge in [0.25, 0.3) is 6.47 Å². The van der Waals surface area contributed by atoms with Gasteiger partial charge in [-0.2, -0.15) is 0 Å². The van der Waals surface area contributed by atoms with Crippen LogP contribution in [0, 0.1) is 46.3 Å². The fourth-order valence-electron chi connectivity index (χ4n) is 8.17. The van der Waals surface area contributed by atoms with Crippen LogP contribution in [0.5, 0.6) is 0 Å². The Bertz CT molecular complexity index is 742. The third-order valence-corrected chi connectivity index (χ3v) is 9.96. The zero-order valence-corrected chi connectivity index (χ0v) is 19.1. The lowest BCUT2D eigenvalue weighted by Gasteiger charge is -2.59. The second-order valence-corrected chi connectivity index (χ2v) is 11.3. The van der Waals surface area contributed by atoms with Crippen LogP contribution < -0.4 is 5.32 Å². The quantitative estimate of drug-likeness (QED) is 0.506. The molecule has 1 saturated heterocycles. The summed E-state index contributed by atoms with van der Waals surface area (Å²) in [6.07, 6.45) is 14.4. The fourth-order valence-corrected chi connectivity index (χ4v) is 8.17. The predicted molar refractivity (Wildman–Crippen MR) is 119 cm³/mol. The Morgan fingerprint density at radius 1 is 1.00 bits per heavy atom. The number of fused-ring (bicyclic) bond motifs is 5. The maximum absolute atomic E-state index is 13.4. The number of ketones is 2. The summed E-state index contributed by atoms with van der Waals surface area (Å²) in [5, 5.41) is 10.3. The maximum atomic E-state index is 13.4. The third-order valence-electron chi connectivity index (χ3n) is 9.96. The first-order valence-electron chi connectivity index (χ1n) is 12.4. The molecule has 5 nitrogen and oxygen atoms in total. The van der Waals surface area contributed by atoms with Crippen LogP contribution >= 0.6 is 0 Å². The minimum Gasteiger partial charge on any atom is -0.483 e. The number of hydrogen-bond acceptors (Lipinski definition) is 4. The van der Waals surface area contributed by atoms with Crippen LogP contribution in [0.25, 0.3) is 0 Å². The lowest BCUT2D eigenvalue weighted by molar-refractivity contribution is -0.157. The van der Waals surface area contributed by atoms with Crippen molar-refractivity contribution in [2.24, 2.45) is 46.3 Å². The number of Topliss-reactive ketones (excluding diaryl/α,β-unsaturated/α-hetero) is 2. The maximum Gasteiger partial charge on any atom is 0.290 e. The van der Waals surface area contributed by atoms with Gasteiger partial charge in [-0.05, 0) is 86.5 Å². The van der Waals surface area contributed by atoms with Crippen molar-refractivity contribution in [1.29, 1.82) is 0 Å². The van der Waals surface area contributed by atoms with E-state index < -0.39 is 0 Å². The molecule has 5 heteroatoms. The van der Waals surface area contributed by atoms with E-state index in [0.717, 1.165) is 51.6 Å². The van der Waals surface area contributed by atoms with E-state index in [0.29, 0.717) is 41.2 Å². The molecule has 0 spiro atoms. The van der Waals surface area contributed by atoms with Crippen molar-refractivity contribution in [2.45, 2.75) is 71.6 Å². The summed E-state index contributed by atoms with van der Waals surface area (Å²) in [5.41, 5.74) is 0.0477. The minimum atomic E-state index is -0.250. The summed E-state index contributed by atoms with van der Waals surface area (Å²) in [6, 6.07) is 0. The summed E-state index contributed by atoms with van der Waals surface area (Å²) in [7, 11) is 0. The van der Waals surface area contributed by atoms with Gasteiger partial charge in [0.2, 0.25) is 0 Å². The van der Waals surface area contributed by atoms with Crippen LogP contribution in [0.2, 0.25) is 0 Å². The van der Waals surface area contributed by atoms with Gasteiger partial charge in [0.15, 0.2) is 0 Å². The highest BCUT2D eigenvalue weighted by molar-refractivity contribution is 5.88. The molecule has 5 aliphatic rings. The number of carbonyl (C=O) groups excluding carboxylic acids is 2. The zero-order chi connectivity index (χ0) is 22.2. The van der Waals surface area contributed by atoms with Crippen molar-refractivity contribution in [3.63, 3.8) is 0 Å². The van der Waals surface area contributed by atoms with Gasteiger partial charge in [0.05, 0.1) is 0 Å². The molecule has 172 valence electrons. The van der Waals surface area contributed by atoms with Crippen molar-refractivity contribution < 1.29 is 19.5 Å². The van der Waals surface area contributed by atoms with Gasteiger partial charge in [-0.1, -0.05) is 26.0 Å². The highest BCUT2D eigenvalue weighted by atomic mass is 16.3. The molecule has 5 fully saturated rings. The van der Waals surface area contributed by atoms with Crippen molar-refractivity contribution in [3.05, 3.63) is 12.2 Å². The van der Waals surface area contributed by atoms with Crippen LogP contribution in [0.1, 0.15) is 71.6 Å². The van der Waals surface area contributed by atoms with Gasteiger partial charge in [-0.3, -0.25) is 14.4 Å². The summed E-state index contributed by atoms with van der Waals surface area (Å²) in [6.45, 7) is 6.66. The summed E-state index contributed by atoms with van der Waals surface area (Å²) in [5.74, 6) is 4.11. The van der Waals surface area contributed by atoms with Gasteiger partial charge in [0, 0.05) is 30.7 Å². The number of carbonyl (C=O) groups is 3. The lowest BCUT2D eigenvalue weighted by Crippen LogP contribution is -2.56. The van der Waals surface area contributed by atoms with E-state index in [4.69, 9.17) is 9.90 Å². The summed E-state index contributed by atoms with van der Waals surface area (Å²) >= 11 is 0. The van der Waals surface area contributed by atoms with Crippen molar-refractivity contribution in [3.8, 4) is 0 Å². The molecule has 0 radical (unpaired) electrons. The highest BCUT2D eigenvalue weighted by Gasteiger charge is 2.62. The molecule has 1 aliphatic heterocycles. The molecule has 0 amide bonds. The first-order chi connectivity index (χ1) is 14.8. The van der Waals surface area contributed by atoms with Gasteiger partial charge in [0.1, 0.15) is 11.6 Å². The summed E-state index contributed by atoms with van der Waals surface area (Å²) < 4.78 is 0. The molecular weight excluding hydrogens is 390 g/mol. The average Bonchev–Trinajstić information content (AvgIpc) is 3.36. The number of nitrogens with one attached hydrogen (secondary N) is 1. The van der Waals surface area contributed by atoms with E-state index in [-0.39, 0.29) is 23.2 Å². The number of carboxylic acid groups (broad SMARTS) is 1. The average molecular weight is 430 g/mol. The topological polar surface area (TPSA) is 83.5 Å². The predicted octanol–water partition coefficient (Wildman–Crippen LogP) is 4.26. The Labute approximate surface area is 186 Å². The molecule has 2 N–H and O–H groups in total. The van der Waals surface area contributed by atoms with E-state index in [1.165, 1.54) is 19.3 Å². The van der Waals surface area contributed by atoms with Crippen LogP contribution in [0.15, 0.2) is 12.2 Å². The number of hydrogen-bond donors (Lipinski definition) is 2. The molecule has 0 aromatic heterocycles. The molecule has 1 heterocycles. The smallest absolute Gasteiger partial charge is 0.290 e. The molecule has 0 aromatic carbocycles. The second-order valence-electron chi connectivity index (χ2n) is 11.3. The first-order valence-corrected chi connectivity index (χ1v) is 12.4. The zero-order valence-electron chi connectivity index (χ0n) is 19.1. The molecule has 5 rings (SSSR count). The molecular formula is C26H39NO4. The first kappa shape index (κ1) is 22.7. The van der Waals surface area contributed by atoms with Crippen LogP contribution in [0.3, 0.4) is 0 Å². The van der Waals surface area contributed by atoms with E-state index in [1.807, 2.05) is 0 Å². The largest absolute Gasteiger partial charge is 0.483 e. The Morgan fingerprint density at radius 3 is 2.45 bits per heavy atom. The normalized spacial score (nSPS) is 46.6. The van der Waals surface area contributed by atoms with Crippen LogP contribution in [-0.2, 0) is 14.4 Å². The van der Waals surface area contributed by atoms with E-state index >= 15 is 0 Å². The molecule has 4 saturated carbocycles. The van der Waals surface area contributed by atoms with E-state index in [2.05, 4.69) is 31.3 Å². The highest BCUT2D eigenvalue weighted by Crippen LogP contribution is 2.65. The number of allylic oxidation sites excluding steroid dienone is 1. The fraction of sp³-hybridized carbons (Fsp3) is 0.808. The van der Waals surface area contributed by atoms with Gasteiger partial charge in [-0.25, -0.2) is 0 Å². The van der Waals surface area contributed by atoms with E-state index in [9.17, 15) is 9.59 Å². The number of rotatable bonds is 2. The Kier molecular flexibility index (Phi) is 6.44. The van der Waals surface area contributed by atoms with Crippen molar-refractivity contribution >= 4 is 18.0 Å². The minimum absolute atomic E-state index is 0.125.